The van der Waals surface area contributed by atoms with Gasteiger partial charge in [0.2, 0.25) is 0 Å². The van der Waals surface area contributed by atoms with Crippen LogP contribution in [0, 0.1) is 0 Å². The number of fused-ring (bicyclic) bond motifs is 1. The Morgan fingerprint density at radius 1 is 1.04 bits per heavy atom. The summed E-state index contributed by atoms with van der Waals surface area (Å²) in [5.41, 5.74) is 3.52. The third-order valence-corrected chi connectivity index (χ3v) is 5.08. The van der Waals surface area contributed by atoms with Gasteiger partial charge in [0.1, 0.15) is 5.82 Å². The van der Waals surface area contributed by atoms with E-state index in [1.165, 1.54) is 0 Å². The predicted molar refractivity (Wildman–Crippen MR) is 118 cm³/mol. The van der Waals surface area contributed by atoms with Crippen molar-refractivity contribution >= 4 is 28.3 Å². The van der Waals surface area contributed by atoms with E-state index >= 15 is 0 Å². The van der Waals surface area contributed by atoms with Gasteiger partial charge in [0.15, 0.2) is 0 Å². The molecule has 3 aromatic rings. The number of nitrogens with one attached hydrogen (secondary N) is 1. The predicted octanol–water partition coefficient (Wildman–Crippen LogP) is 5.68. The van der Waals surface area contributed by atoms with Crippen LogP contribution in [0.3, 0.4) is 0 Å². The summed E-state index contributed by atoms with van der Waals surface area (Å²) in [6, 6.07) is 17.8. The van der Waals surface area contributed by atoms with E-state index in [0.29, 0.717) is 5.56 Å². The minimum absolute atomic E-state index is 0.0905. The third kappa shape index (κ3) is 4.33. The van der Waals surface area contributed by atoms with Crippen molar-refractivity contribution in [3.05, 3.63) is 65.7 Å². The van der Waals surface area contributed by atoms with Crippen LogP contribution in [0.15, 0.2) is 54.6 Å². The van der Waals surface area contributed by atoms with Crippen LogP contribution in [0.5, 0.6) is 0 Å². The van der Waals surface area contributed by atoms with E-state index in [-0.39, 0.29) is 5.91 Å². The van der Waals surface area contributed by atoms with E-state index in [9.17, 15) is 4.79 Å². The zero-order valence-electron chi connectivity index (χ0n) is 17.0. The molecule has 1 N–H and O–H groups in total. The molecule has 1 amide bonds. The molecule has 0 saturated carbocycles. The topological polar surface area (TPSA) is 45.2 Å². The zero-order chi connectivity index (χ0) is 19.9. The first-order valence-corrected chi connectivity index (χ1v) is 10.2. The zero-order valence-corrected chi connectivity index (χ0v) is 17.0. The minimum atomic E-state index is -0.0905. The number of nitrogens with zero attached hydrogens (tertiary/aromatic N) is 2. The first kappa shape index (κ1) is 19.9. The molecule has 0 saturated heterocycles. The van der Waals surface area contributed by atoms with Crippen molar-refractivity contribution in [2.75, 3.05) is 23.3 Å². The molecule has 146 valence electrons. The van der Waals surface area contributed by atoms with Crippen LogP contribution >= 0.6 is 0 Å². The van der Waals surface area contributed by atoms with Gasteiger partial charge >= 0.3 is 0 Å². The molecule has 0 bridgehead atoms. The fourth-order valence-corrected chi connectivity index (χ4v) is 3.44. The van der Waals surface area contributed by atoms with Gasteiger partial charge in [0.05, 0.1) is 11.1 Å². The highest BCUT2D eigenvalue weighted by Crippen LogP contribution is 2.25. The summed E-state index contributed by atoms with van der Waals surface area (Å²) in [6.45, 7) is 8.22. The highest BCUT2D eigenvalue weighted by molar-refractivity contribution is 6.13. The molecule has 0 atom stereocenters. The number of carbonyl (C=O) groups is 1. The number of anilines is 2. The normalized spacial score (nSPS) is 10.8. The van der Waals surface area contributed by atoms with Crippen LogP contribution in [0.25, 0.3) is 10.9 Å². The Hall–Kier alpha value is -2.88. The van der Waals surface area contributed by atoms with Gasteiger partial charge in [-0.25, -0.2) is 4.98 Å². The van der Waals surface area contributed by atoms with Gasteiger partial charge < -0.3 is 10.2 Å². The van der Waals surface area contributed by atoms with Crippen LogP contribution < -0.4 is 10.2 Å². The van der Waals surface area contributed by atoms with Crippen LogP contribution in [0.2, 0.25) is 0 Å². The van der Waals surface area contributed by atoms with Crippen LogP contribution in [-0.2, 0) is 6.42 Å². The van der Waals surface area contributed by atoms with Crippen molar-refractivity contribution in [2.45, 2.75) is 40.0 Å². The number of amides is 1. The molecule has 0 radical (unpaired) electrons. The molecule has 1 heterocycles. The SMILES string of the molecule is CCCCN(CC)c1cc(C(=O)Nc2ccccc2CC)c2ccccc2n1. The van der Waals surface area contributed by atoms with Crippen LogP contribution in [0.1, 0.15) is 49.5 Å². The van der Waals surface area contributed by atoms with Gasteiger partial charge in [-0.15, -0.1) is 0 Å². The standard InChI is InChI=1S/C24H29N3O/c1-4-7-16-27(6-3)23-17-20(19-13-9-11-15-22(19)25-23)24(28)26-21-14-10-8-12-18(21)5-2/h8-15,17H,4-7,16H2,1-3H3,(H,26,28). The lowest BCUT2D eigenvalue weighted by Crippen LogP contribution is -2.25. The van der Waals surface area contributed by atoms with Crippen molar-refractivity contribution in [1.29, 1.82) is 0 Å². The van der Waals surface area contributed by atoms with Crippen LogP contribution in [0.4, 0.5) is 11.5 Å². The molecule has 4 nitrogen and oxygen atoms in total. The molecule has 2 aromatic carbocycles. The van der Waals surface area contributed by atoms with Gasteiger partial charge in [-0.2, -0.15) is 0 Å². The molecule has 3 rings (SSSR count). The number of benzene rings is 2. The molecule has 0 spiro atoms. The number of pyridine rings is 1. The molecule has 0 aliphatic heterocycles. The first-order valence-electron chi connectivity index (χ1n) is 10.2. The fourth-order valence-electron chi connectivity index (χ4n) is 3.44. The Morgan fingerprint density at radius 2 is 1.79 bits per heavy atom. The van der Waals surface area contributed by atoms with Gasteiger partial charge in [0, 0.05) is 24.2 Å². The molecule has 1 aromatic heterocycles. The number of rotatable bonds is 8. The molecular weight excluding hydrogens is 346 g/mol. The number of hydrogen-bond donors (Lipinski definition) is 1. The number of aryl methyl sites for hydroxylation is 1. The maximum atomic E-state index is 13.2. The fraction of sp³-hybridized carbons (Fsp3) is 0.333. The molecule has 4 heteroatoms. The Kier molecular flexibility index (Phi) is 6.64. The molecule has 0 fully saturated rings. The van der Waals surface area contributed by atoms with E-state index in [1.807, 2.05) is 48.5 Å². The Morgan fingerprint density at radius 3 is 2.54 bits per heavy atom. The Balaban J connectivity index is 2.02. The van der Waals surface area contributed by atoms with Gasteiger partial charge in [-0.3, -0.25) is 4.79 Å². The summed E-state index contributed by atoms with van der Waals surface area (Å²) in [4.78, 5) is 20.3. The van der Waals surface area contributed by atoms with E-state index < -0.39 is 0 Å². The summed E-state index contributed by atoms with van der Waals surface area (Å²) >= 11 is 0. The number of aromatic nitrogens is 1. The average Bonchev–Trinajstić information content (AvgIpc) is 2.74. The monoisotopic (exact) mass is 375 g/mol. The lowest BCUT2D eigenvalue weighted by molar-refractivity contribution is 0.102. The number of para-hydroxylation sites is 2. The maximum absolute atomic E-state index is 13.2. The smallest absolute Gasteiger partial charge is 0.256 e. The summed E-state index contributed by atoms with van der Waals surface area (Å²) in [5.74, 6) is 0.774. The Labute approximate surface area is 167 Å². The molecule has 0 aliphatic rings. The third-order valence-electron chi connectivity index (χ3n) is 5.08. The van der Waals surface area contributed by atoms with E-state index in [1.54, 1.807) is 0 Å². The quantitative estimate of drug-likeness (QED) is 0.551. The number of unbranched alkanes of at least 4 members (excludes halogenated alkanes) is 1. The van der Waals surface area contributed by atoms with E-state index in [0.717, 1.165) is 60.3 Å². The van der Waals surface area contributed by atoms with Gasteiger partial charge in [0.25, 0.3) is 5.91 Å². The molecular formula is C24H29N3O. The van der Waals surface area contributed by atoms with Crippen molar-refractivity contribution in [3.63, 3.8) is 0 Å². The maximum Gasteiger partial charge on any atom is 0.256 e. The summed E-state index contributed by atoms with van der Waals surface area (Å²) in [6.07, 6.45) is 3.11. The van der Waals surface area contributed by atoms with Crippen molar-refractivity contribution in [2.24, 2.45) is 0 Å². The molecule has 0 unspecified atom stereocenters. The lowest BCUT2D eigenvalue weighted by Gasteiger charge is -2.23. The first-order chi connectivity index (χ1) is 13.7. The van der Waals surface area contributed by atoms with Crippen molar-refractivity contribution < 1.29 is 4.79 Å². The second-order valence-corrected chi connectivity index (χ2v) is 6.94. The van der Waals surface area contributed by atoms with Crippen LogP contribution in [-0.4, -0.2) is 24.0 Å². The van der Waals surface area contributed by atoms with E-state index in [4.69, 9.17) is 4.98 Å². The number of hydrogen-bond acceptors (Lipinski definition) is 3. The summed E-state index contributed by atoms with van der Waals surface area (Å²) < 4.78 is 0. The highest BCUT2D eigenvalue weighted by atomic mass is 16.1. The minimum Gasteiger partial charge on any atom is -0.357 e. The Bertz CT molecular complexity index is 951. The second-order valence-electron chi connectivity index (χ2n) is 6.94. The number of carbonyl (C=O) groups excluding carboxylic acids is 1. The average molecular weight is 376 g/mol. The highest BCUT2D eigenvalue weighted by Gasteiger charge is 2.16. The van der Waals surface area contributed by atoms with Crippen molar-refractivity contribution in [1.82, 2.24) is 4.98 Å². The summed E-state index contributed by atoms with van der Waals surface area (Å²) in [7, 11) is 0. The van der Waals surface area contributed by atoms with Crippen molar-refractivity contribution in [3.8, 4) is 0 Å². The van der Waals surface area contributed by atoms with Gasteiger partial charge in [-0.05, 0) is 43.5 Å². The van der Waals surface area contributed by atoms with E-state index in [2.05, 4.69) is 37.1 Å². The van der Waals surface area contributed by atoms with Gasteiger partial charge in [-0.1, -0.05) is 56.7 Å². The second kappa shape index (κ2) is 9.36. The molecule has 28 heavy (non-hydrogen) atoms. The largest absolute Gasteiger partial charge is 0.357 e. The molecule has 0 aliphatic carbocycles. The lowest BCUT2D eigenvalue weighted by atomic mass is 10.1. The summed E-state index contributed by atoms with van der Waals surface area (Å²) in [5, 5.41) is 3.99.